The molecule has 208 valence electrons. The number of ether oxygens (including phenoxy) is 1. The van der Waals surface area contributed by atoms with Crippen LogP contribution in [0.2, 0.25) is 0 Å². The Morgan fingerprint density at radius 3 is 2.41 bits per heavy atom. The average Bonchev–Trinajstić information content (AvgIpc) is 3.35. The Kier molecular flexibility index (Phi) is 7.95. The molecule has 0 saturated carbocycles. The van der Waals surface area contributed by atoms with Gasteiger partial charge in [0, 0.05) is 25.8 Å². The van der Waals surface area contributed by atoms with E-state index in [2.05, 4.69) is 22.0 Å². The number of piperidine rings is 1. The molecule has 0 bridgehead atoms. The highest BCUT2D eigenvalue weighted by Crippen LogP contribution is 2.45. The van der Waals surface area contributed by atoms with Crippen molar-refractivity contribution in [3.63, 3.8) is 0 Å². The molecule has 39 heavy (non-hydrogen) atoms. The zero-order valence-electron chi connectivity index (χ0n) is 23.1. The number of carbonyl (C=O) groups excluding carboxylic acids is 3. The van der Waals surface area contributed by atoms with Crippen molar-refractivity contribution in [1.29, 1.82) is 0 Å². The van der Waals surface area contributed by atoms with Crippen LogP contribution < -0.4 is 0 Å². The summed E-state index contributed by atoms with van der Waals surface area (Å²) in [7, 11) is 0. The normalized spacial score (nSPS) is 18.2. The van der Waals surface area contributed by atoms with E-state index < -0.39 is 23.1 Å². The van der Waals surface area contributed by atoms with Gasteiger partial charge in [-0.25, -0.2) is 28.4 Å². The monoisotopic (exact) mass is 538 g/mol. The molecule has 1 unspecified atom stereocenters. The van der Waals surface area contributed by atoms with E-state index in [-0.39, 0.29) is 12.6 Å². The molecule has 2 aliphatic rings. The molecular weight excluding hydrogens is 503 g/mol. The highest BCUT2D eigenvalue weighted by Gasteiger charge is 2.52. The molecule has 1 atom stereocenters. The maximum atomic E-state index is 13.4. The lowest BCUT2D eigenvalue weighted by Gasteiger charge is -2.56. The Balaban J connectivity index is 1.64. The van der Waals surface area contributed by atoms with Gasteiger partial charge in [-0.1, -0.05) is 13.0 Å². The highest BCUT2D eigenvalue weighted by atomic mass is 19.1. The third-order valence-electron chi connectivity index (χ3n) is 7.30. The van der Waals surface area contributed by atoms with E-state index >= 15 is 0 Å². The summed E-state index contributed by atoms with van der Waals surface area (Å²) in [6, 6.07) is 3.24. The quantitative estimate of drug-likeness (QED) is 0.532. The Morgan fingerprint density at radius 1 is 1.18 bits per heavy atom. The van der Waals surface area contributed by atoms with Gasteiger partial charge in [0.1, 0.15) is 28.9 Å². The van der Waals surface area contributed by atoms with E-state index in [1.807, 2.05) is 50.5 Å². The fourth-order valence-electron chi connectivity index (χ4n) is 5.40. The number of halogens is 1. The molecule has 0 aliphatic carbocycles. The van der Waals surface area contributed by atoms with Crippen molar-refractivity contribution in [1.82, 2.24) is 29.5 Å². The van der Waals surface area contributed by atoms with Crippen molar-refractivity contribution in [2.24, 2.45) is 0 Å². The molecule has 10 nitrogen and oxygen atoms in total. The van der Waals surface area contributed by atoms with Gasteiger partial charge in [0.15, 0.2) is 11.6 Å². The van der Waals surface area contributed by atoms with Crippen LogP contribution in [-0.4, -0.2) is 84.8 Å². The first-order valence-corrected chi connectivity index (χ1v) is 13.2. The molecule has 2 aromatic heterocycles. The summed E-state index contributed by atoms with van der Waals surface area (Å²) in [5.74, 6) is 4.34. The van der Waals surface area contributed by atoms with E-state index in [4.69, 9.17) is 4.74 Å². The van der Waals surface area contributed by atoms with E-state index in [0.717, 1.165) is 18.2 Å². The Labute approximate surface area is 227 Å². The summed E-state index contributed by atoms with van der Waals surface area (Å²) in [6.07, 6.45) is 5.25. The minimum absolute atomic E-state index is 0.193. The zero-order chi connectivity index (χ0) is 28.4. The predicted octanol–water partition coefficient (Wildman–Crippen LogP) is 3.70. The number of nitrogens with zero attached hydrogens (tertiary/aromatic N) is 6. The molecule has 11 heteroatoms. The van der Waals surface area contributed by atoms with Gasteiger partial charge in [-0.05, 0) is 58.6 Å². The molecule has 0 N–H and O–H groups in total. The van der Waals surface area contributed by atoms with Gasteiger partial charge in [-0.15, -0.1) is 0 Å². The predicted molar refractivity (Wildman–Crippen MR) is 142 cm³/mol. The molecule has 2 aromatic rings. The number of carbonyl (C=O) groups is 1. The molecular formula is C28H35FN6O4. The first-order valence-electron chi connectivity index (χ1n) is 13.2. The molecule has 2 fully saturated rings. The Bertz CT molecular complexity index is 1300. The molecule has 4 rings (SSSR count). The highest BCUT2D eigenvalue weighted by molar-refractivity contribution is 5.69. The lowest BCUT2D eigenvalue weighted by atomic mass is 9.79. The number of amides is 1. The van der Waals surface area contributed by atoms with Crippen molar-refractivity contribution >= 4 is 18.0 Å². The Hall–Kier alpha value is -3.94. The van der Waals surface area contributed by atoms with Gasteiger partial charge < -0.3 is 19.4 Å². The molecule has 0 aromatic carbocycles. The summed E-state index contributed by atoms with van der Waals surface area (Å²) in [5, 5.41) is 3.94. The lowest BCUT2D eigenvalue weighted by Crippen LogP contribution is -2.64. The minimum Gasteiger partial charge on any atom is -0.444 e. The van der Waals surface area contributed by atoms with Crippen LogP contribution >= 0.6 is 0 Å². The zero-order valence-corrected chi connectivity index (χ0v) is 23.1. The fraction of sp³-hybridized carbons (Fsp3) is 0.536. The number of hydrogen-bond donors (Lipinski definition) is 0. The third kappa shape index (κ3) is 5.60. The molecule has 2 aliphatic heterocycles. The van der Waals surface area contributed by atoms with Gasteiger partial charge in [-0.3, -0.25) is 0 Å². The molecule has 4 heterocycles. The maximum absolute atomic E-state index is 13.4. The van der Waals surface area contributed by atoms with Crippen molar-refractivity contribution in [3.05, 3.63) is 53.5 Å². The summed E-state index contributed by atoms with van der Waals surface area (Å²) in [5.41, 5.74) is 0.285. The maximum Gasteiger partial charge on any atom is 0.410 e. The van der Waals surface area contributed by atoms with Crippen LogP contribution in [0, 0.1) is 5.82 Å². The average molecular weight is 539 g/mol. The summed E-state index contributed by atoms with van der Waals surface area (Å²) in [4.78, 5) is 47.6. The smallest absolute Gasteiger partial charge is 0.410 e. The van der Waals surface area contributed by atoms with E-state index in [0.29, 0.717) is 49.7 Å². The third-order valence-corrected chi connectivity index (χ3v) is 7.30. The largest absolute Gasteiger partial charge is 0.444 e. The van der Waals surface area contributed by atoms with Crippen molar-refractivity contribution < 1.29 is 23.5 Å². The van der Waals surface area contributed by atoms with Crippen LogP contribution in [0.25, 0.3) is 5.82 Å². The summed E-state index contributed by atoms with van der Waals surface area (Å²) >= 11 is 0. The second kappa shape index (κ2) is 11.0. The molecule has 0 radical (unpaired) electrons. The van der Waals surface area contributed by atoms with Gasteiger partial charge in [0.25, 0.3) is 0 Å². The number of piperazine rings is 1. The van der Waals surface area contributed by atoms with Crippen molar-refractivity contribution in [3.8, 4) is 5.82 Å². The molecule has 1 amide bonds. The number of rotatable bonds is 5. The molecule has 2 saturated heterocycles. The van der Waals surface area contributed by atoms with Gasteiger partial charge in [0.05, 0.1) is 30.5 Å². The van der Waals surface area contributed by atoms with Crippen LogP contribution in [0.5, 0.6) is 0 Å². The van der Waals surface area contributed by atoms with Gasteiger partial charge >= 0.3 is 6.09 Å². The first kappa shape index (κ1) is 28.1. The van der Waals surface area contributed by atoms with Crippen LogP contribution in [0.4, 0.5) is 9.18 Å². The van der Waals surface area contributed by atoms with Crippen LogP contribution in [0.1, 0.15) is 65.5 Å². The van der Waals surface area contributed by atoms with Crippen LogP contribution in [0.15, 0.2) is 42.1 Å². The van der Waals surface area contributed by atoms with Crippen molar-refractivity contribution in [2.45, 2.75) is 71.1 Å². The van der Waals surface area contributed by atoms with Gasteiger partial charge in [-0.2, -0.15) is 5.10 Å². The number of aromatic nitrogens is 3. The second-order valence-corrected chi connectivity index (χ2v) is 11.0. The van der Waals surface area contributed by atoms with E-state index in [9.17, 15) is 18.8 Å². The van der Waals surface area contributed by atoms with Crippen LogP contribution in [0.3, 0.4) is 0 Å². The summed E-state index contributed by atoms with van der Waals surface area (Å²) in [6.45, 7) is 10.9. The summed E-state index contributed by atoms with van der Waals surface area (Å²) < 4.78 is 20.3. The lowest BCUT2D eigenvalue weighted by molar-refractivity contribution is -0.00785. The second-order valence-electron chi connectivity index (χ2n) is 11.0. The Morgan fingerprint density at radius 2 is 1.90 bits per heavy atom. The number of hydrogen-bond acceptors (Lipinski definition) is 8. The van der Waals surface area contributed by atoms with Gasteiger partial charge in [0.2, 0.25) is 0 Å². The first-order chi connectivity index (χ1) is 18.5. The SMILES string of the molecule is CCCN1C(=C=O)CN(C(C)c2ccc(-n3cc(F)cn3)nc2)C(=C=O)C12CCN(C(=O)OC(C)(C)C)CC2. The van der Waals surface area contributed by atoms with Crippen LogP contribution in [-0.2, 0) is 14.3 Å². The standard InChI is InChI=1S/C28H35FN6O4/c1-6-11-34-23(18-36)17-33(20(2)21-7-8-25(30-14-21)35-16-22(29)15-31-35)24(19-37)28(34)9-12-32(13-10-28)26(38)39-27(3,4)5/h7-8,14-16,20H,6,9-13,17H2,1-5H3. The number of pyridine rings is 1. The topological polar surface area (TPSA) is 101 Å². The fourth-order valence-corrected chi connectivity index (χ4v) is 5.40. The number of likely N-dealkylation sites (tertiary alicyclic amines) is 1. The van der Waals surface area contributed by atoms with E-state index in [1.165, 1.54) is 10.9 Å². The van der Waals surface area contributed by atoms with E-state index in [1.54, 1.807) is 17.2 Å². The minimum atomic E-state index is -0.810. The van der Waals surface area contributed by atoms with Crippen molar-refractivity contribution in [2.75, 3.05) is 26.2 Å². The molecule has 1 spiro atoms.